The third kappa shape index (κ3) is 3.57. The normalized spacial score (nSPS) is 12.1. The highest BCUT2D eigenvalue weighted by molar-refractivity contribution is 7.12. The smallest absolute Gasteiger partial charge is 0.330 e. The maximum absolute atomic E-state index is 12.4. The molecular weight excluding hydrogens is 248 g/mol. The summed E-state index contributed by atoms with van der Waals surface area (Å²) in [5.74, 6) is -4.71. The zero-order valence-electron chi connectivity index (χ0n) is 7.96. The molecule has 1 aromatic rings. The number of hydrogen-bond acceptors (Lipinski definition) is 3. The summed E-state index contributed by atoms with van der Waals surface area (Å²) in [5.41, 5.74) is 0. The van der Waals surface area contributed by atoms with Gasteiger partial charge >= 0.3 is 12.3 Å². The molecule has 0 aliphatic carbocycles. The van der Waals surface area contributed by atoms with Crippen LogP contribution in [0.3, 0.4) is 0 Å². The third-order valence-electron chi connectivity index (χ3n) is 1.64. The summed E-state index contributed by atoms with van der Waals surface area (Å²) in [4.78, 5) is 11.6. The molecule has 2 nitrogen and oxygen atoms in total. The number of ether oxygens (including phenoxy) is 1. The van der Waals surface area contributed by atoms with E-state index in [4.69, 9.17) is 0 Å². The maximum Gasteiger partial charge on any atom is 0.330 e. The Morgan fingerprint density at radius 2 is 2.19 bits per heavy atom. The van der Waals surface area contributed by atoms with Crippen molar-refractivity contribution >= 4 is 17.1 Å². The number of Topliss-reactive ketones (excluding diaryl/α,β-unsaturated/α-hetero) is 1. The van der Waals surface area contributed by atoms with Gasteiger partial charge in [-0.05, 0) is 11.4 Å². The zero-order valence-corrected chi connectivity index (χ0v) is 8.78. The summed E-state index contributed by atoms with van der Waals surface area (Å²) < 4.78 is 52.4. The molecule has 0 aliphatic rings. The molecule has 0 saturated carbocycles. The Balaban J connectivity index is 2.34. The molecule has 0 saturated heterocycles. The van der Waals surface area contributed by atoms with Crippen molar-refractivity contribution in [3.05, 3.63) is 22.4 Å². The first kappa shape index (κ1) is 13.1. The van der Waals surface area contributed by atoms with Crippen LogP contribution >= 0.6 is 11.3 Å². The van der Waals surface area contributed by atoms with Gasteiger partial charge in [0, 0.05) is 0 Å². The van der Waals surface area contributed by atoms with E-state index in [2.05, 4.69) is 4.74 Å². The number of rotatable bonds is 6. The fourth-order valence-electron chi connectivity index (χ4n) is 0.851. The van der Waals surface area contributed by atoms with Gasteiger partial charge in [-0.25, -0.2) is 8.78 Å². The third-order valence-corrected chi connectivity index (χ3v) is 2.55. The largest absolute Gasteiger partial charge is 0.367 e. The molecule has 7 heteroatoms. The Bertz CT molecular complexity index is 337. The predicted octanol–water partition coefficient (Wildman–Crippen LogP) is 2.85. The minimum atomic E-state index is -4.21. The second-order valence-electron chi connectivity index (χ2n) is 2.96. The van der Waals surface area contributed by atoms with Crippen LogP contribution < -0.4 is 0 Å². The minimum Gasteiger partial charge on any atom is -0.367 e. The van der Waals surface area contributed by atoms with Crippen LogP contribution in [-0.4, -0.2) is 31.3 Å². The van der Waals surface area contributed by atoms with Crippen molar-refractivity contribution in [1.82, 2.24) is 0 Å². The topological polar surface area (TPSA) is 26.3 Å². The molecule has 0 fully saturated rings. The summed E-state index contributed by atoms with van der Waals surface area (Å²) in [5, 5.41) is 1.64. The van der Waals surface area contributed by atoms with E-state index >= 15 is 0 Å². The van der Waals surface area contributed by atoms with E-state index in [0.29, 0.717) is 4.88 Å². The minimum absolute atomic E-state index is 0.348. The lowest BCUT2D eigenvalue weighted by molar-refractivity contribution is -0.163. The Morgan fingerprint density at radius 1 is 1.50 bits per heavy atom. The lowest BCUT2D eigenvalue weighted by atomic mass is 10.3. The molecule has 0 unspecified atom stereocenters. The number of alkyl halides is 4. The molecule has 0 radical (unpaired) electrons. The number of ketones is 1. The molecule has 0 bridgehead atoms. The average Bonchev–Trinajstić information content (AvgIpc) is 2.69. The summed E-state index contributed by atoms with van der Waals surface area (Å²) in [7, 11) is 0. The lowest BCUT2D eigenvalue weighted by Gasteiger charge is -2.14. The van der Waals surface area contributed by atoms with Crippen LogP contribution in [0, 0.1) is 0 Å². The first-order valence-electron chi connectivity index (χ1n) is 4.24. The number of thiophene rings is 1. The first-order chi connectivity index (χ1) is 7.43. The van der Waals surface area contributed by atoms with E-state index < -0.39 is 31.3 Å². The Hall–Kier alpha value is -0.950. The molecule has 1 heterocycles. The number of carbonyl (C=O) groups excluding carboxylic acids is 1. The quantitative estimate of drug-likeness (QED) is 0.578. The molecule has 0 atom stereocenters. The zero-order chi connectivity index (χ0) is 12.2. The highest BCUT2D eigenvalue weighted by atomic mass is 32.1. The molecule has 0 amide bonds. The highest BCUT2D eigenvalue weighted by Gasteiger charge is 2.41. The van der Waals surface area contributed by atoms with Crippen molar-refractivity contribution < 1.29 is 27.1 Å². The van der Waals surface area contributed by atoms with Crippen molar-refractivity contribution in [2.75, 3.05) is 13.2 Å². The Kier molecular flexibility index (Phi) is 4.43. The van der Waals surface area contributed by atoms with Gasteiger partial charge < -0.3 is 4.74 Å². The van der Waals surface area contributed by atoms with Gasteiger partial charge in [0.15, 0.2) is 5.78 Å². The highest BCUT2D eigenvalue weighted by Crippen LogP contribution is 2.22. The van der Waals surface area contributed by atoms with Gasteiger partial charge in [-0.15, -0.1) is 11.3 Å². The van der Waals surface area contributed by atoms with Crippen molar-refractivity contribution in [3.63, 3.8) is 0 Å². The maximum atomic E-state index is 12.4. The lowest BCUT2D eigenvalue weighted by Crippen LogP contribution is -2.33. The van der Waals surface area contributed by atoms with Crippen LogP contribution in [-0.2, 0) is 4.74 Å². The first-order valence-corrected chi connectivity index (χ1v) is 5.12. The number of halogens is 4. The van der Waals surface area contributed by atoms with Gasteiger partial charge in [0.25, 0.3) is 0 Å². The van der Waals surface area contributed by atoms with Crippen molar-refractivity contribution in [1.29, 1.82) is 0 Å². The second-order valence-corrected chi connectivity index (χ2v) is 3.90. The second kappa shape index (κ2) is 5.40. The molecule has 90 valence electrons. The Morgan fingerprint density at radius 3 is 2.69 bits per heavy atom. The van der Waals surface area contributed by atoms with E-state index in [1.54, 1.807) is 11.4 Å². The van der Waals surface area contributed by atoms with Crippen molar-refractivity contribution in [2.45, 2.75) is 12.3 Å². The van der Waals surface area contributed by atoms with E-state index in [-0.39, 0.29) is 0 Å². The van der Waals surface area contributed by atoms with Crippen molar-refractivity contribution in [3.8, 4) is 0 Å². The van der Waals surface area contributed by atoms with Crippen LogP contribution in [0.25, 0.3) is 0 Å². The van der Waals surface area contributed by atoms with Crippen LogP contribution in [0.15, 0.2) is 17.5 Å². The number of carbonyl (C=O) groups is 1. The van der Waals surface area contributed by atoms with Crippen LogP contribution in [0.4, 0.5) is 17.6 Å². The van der Waals surface area contributed by atoms with Gasteiger partial charge in [0.1, 0.15) is 13.2 Å². The van der Waals surface area contributed by atoms with Gasteiger partial charge in [-0.1, -0.05) is 6.07 Å². The summed E-state index contributed by atoms with van der Waals surface area (Å²) in [6, 6.07) is 3.12. The van der Waals surface area contributed by atoms with Gasteiger partial charge in [-0.3, -0.25) is 4.79 Å². The SMILES string of the molecule is O=C(COCC(F)(F)C(F)F)c1cccs1. The van der Waals surface area contributed by atoms with Gasteiger partial charge in [0.2, 0.25) is 0 Å². The van der Waals surface area contributed by atoms with E-state index in [1.165, 1.54) is 6.07 Å². The molecule has 0 aromatic carbocycles. The van der Waals surface area contributed by atoms with Crippen molar-refractivity contribution in [2.24, 2.45) is 0 Å². The van der Waals surface area contributed by atoms with E-state index in [9.17, 15) is 22.4 Å². The molecule has 0 spiro atoms. The van der Waals surface area contributed by atoms with Gasteiger partial charge in [0.05, 0.1) is 4.88 Å². The van der Waals surface area contributed by atoms with Crippen LogP contribution in [0.1, 0.15) is 9.67 Å². The fourth-order valence-corrected chi connectivity index (χ4v) is 1.50. The molecule has 0 N–H and O–H groups in total. The molecule has 1 aromatic heterocycles. The Labute approximate surface area is 92.8 Å². The van der Waals surface area contributed by atoms with Crippen LogP contribution in [0.2, 0.25) is 0 Å². The summed E-state index contributed by atoms with van der Waals surface area (Å²) in [6.45, 7) is -2.08. The summed E-state index contributed by atoms with van der Waals surface area (Å²) in [6.07, 6.45) is -3.79. The summed E-state index contributed by atoms with van der Waals surface area (Å²) >= 11 is 1.13. The standard InChI is InChI=1S/C9H8F4O2S/c10-8(11)9(12,13)5-15-4-6(14)7-2-1-3-16-7/h1-3,8H,4-5H2. The van der Waals surface area contributed by atoms with Gasteiger partial charge in [-0.2, -0.15) is 8.78 Å². The predicted molar refractivity (Wildman–Crippen MR) is 50.4 cm³/mol. The molecule has 1 rings (SSSR count). The monoisotopic (exact) mass is 256 g/mol. The fraction of sp³-hybridized carbons (Fsp3) is 0.444. The molecular formula is C9H8F4O2S. The molecule has 0 aliphatic heterocycles. The average molecular weight is 256 g/mol. The molecule has 16 heavy (non-hydrogen) atoms. The van der Waals surface area contributed by atoms with Crippen LogP contribution in [0.5, 0.6) is 0 Å². The van der Waals surface area contributed by atoms with E-state index in [1.807, 2.05) is 0 Å². The number of hydrogen-bond donors (Lipinski definition) is 0. The van der Waals surface area contributed by atoms with E-state index in [0.717, 1.165) is 11.3 Å².